The molecule has 1 aliphatic rings. The number of piperazine rings is 1. The molecular weight excluding hydrogens is 324 g/mol. The highest BCUT2D eigenvalue weighted by atomic mass is 15.3. The molecule has 0 saturated carbocycles. The molecule has 0 bridgehead atoms. The van der Waals surface area contributed by atoms with Gasteiger partial charge in [-0.15, -0.1) is 10.2 Å². The largest absolute Gasteiger partial charge is 0.351 e. The number of hydrogen-bond donors (Lipinski definition) is 0. The Balaban J connectivity index is 1.51. The zero-order valence-corrected chi connectivity index (χ0v) is 14.9. The standard InChI is InChI=1S/C20H22N6/c1-2-16-15-18(17-7-4-3-5-8-17)23-24-19(16)25-11-13-26(14-12-25)20-21-9-6-10-22-20/h3-10,15H,2,11-14H2,1H3. The van der Waals surface area contributed by atoms with Gasteiger partial charge in [0.15, 0.2) is 5.82 Å². The maximum atomic E-state index is 4.57. The predicted octanol–water partition coefficient (Wildman–Crippen LogP) is 2.82. The van der Waals surface area contributed by atoms with Crippen molar-refractivity contribution in [2.24, 2.45) is 0 Å². The molecule has 4 rings (SSSR count). The normalized spacial score (nSPS) is 14.5. The van der Waals surface area contributed by atoms with Crippen LogP contribution in [0.15, 0.2) is 54.9 Å². The molecule has 3 aromatic rings. The number of aromatic nitrogens is 4. The number of hydrogen-bond acceptors (Lipinski definition) is 6. The van der Waals surface area contributed by atoms with Crippen LogP contribution in [-0.2, 0) is 6.42 Å². The Morgan fingerprint density at radius 1 is 0.846 bits per heavy atom. The average Bonchev–Trinajstić information content (AvgIpc) is 2.75. The lowest BCUT2D eigenvalue weighted by Crippen LogP contribution is -2.47. The molecule has 3 heterocycles. The van der Waals surface area contributed by atoms with Gasteiger partial charge in [-0.25, -0.2) is 9.97 Å². The summed E-state index contributed by atoms with van der Waals surface area (Å²) >= 11 is 0. The third-order valence-electron chi connectivity index (χ3n) is 4.72. The van der Waals surface area contributed by atoms with Gasteiger partial charge in [0.2, 0.25) is 5.95 Å². The fourth-order valence-corrected chi connectivity index (χ4v) is 3.27. The van der Waals surface area contributed by atoms with Crippen molar-refractivity contribution in [3.8, 4) is 11.3 Å². The Morgan fingerprint density at radius 2 is 1.54 bits per heavy atom. The van der Waals surface area contributed by atoms with Crippen LogP contribution in [0.3, 0.4) is 0 Å². The molecule has 1 saturated heterocycles. The molecule has 0 aliphatic carbocycles. The van der Waals surface area contributed by atoms with E-state index in [1.165, 1.54) is 5.56 Å². The highest BCUT2D eigenvalue weighted by molar-refractivity contribution is 5.62. The molecule has 26 heavy (non-hydrogen) atoms. The number of rotatable bonds is 4. The Bertz CT molecular complexity index is 845. The zero-order chi connectivity index (χ0) is 17.8. The first-order chi connectivity index (χ1) is 12.8. The molecule has 1 aromatic carbocycles. The molecule has 6 heteroatoms. The monoisotopic (exact) mass is 346 g/mol. The van der Waals surface area contributed by atoms with Gasteiger partial charge in [0.1, 0.15) is 0 Å². The summed E-state index contributed by atoms with van der Waals surface area (Å²) in [6, 6.07) is 14.2. The molecular formula is C20H22N6. The summed E-state index contributed by atoms with van der Waals surface area (Å²) in [7, 11) is 0. The minimum Gasteiger partial charge on any atom is -0.351 e. The van der Waals surface area contributed by atoms with Crippen LogP contribution in [0.25, 0.3) is 11.3 Å². The molecule has 132 valence electrons. The van der Waals surface area contributed by atoms with Crippen LogP contribution >= 0.6 is 0 Å². The summed E-state index contributed by atoms with van der Waals surface area (Å²) in [4.78, 5) is 13.2. The van der Waals surface area contributed by atoms with Crippen molar-refractivity contribution in [2.75, 3.05) is 36.0 Å². The van der Waals surface area contributed by atoms with Crippen LogP contribution in [0.1, 0.15) is 12.5 Å². The van der Waals surface area contributed by atoms with E-state index in [1.807, 2.05) is 24.3 Å². The average molecular weight is 346 g/mol. The van der Waals surface area contributed by atoms with Gasteiger partial charge in [-0.3, -0.25) is 0 Å². The quantitative estimate of drug-likeness (QED) is 0.724. The maximum absolute atomic E-state index is 4.57. The lowest BCUT2D eigenvalue weighted by Gasteiger charge is -2.35. The first kappa shape index (κ1) is 16.4. The predicted molar refractivity (Wildman–Crippen MR) is 103 cm³/mol. The number of anilines is 2. The van der Waals surface area contributed by atoms with Crippen LogP contribution in [0.4, 0.5) is 11.8 Å². The van der Waals surface area contributed by atoms with Crippen LogP contribution in [0.2, 0.25) is 0 Å². The van der Waals surface area contributed by atoms with Crippen molar-refractivity contribution in [1.82, 2.24) is 20.2 Å². The summed E-state index contributed by atoms with van der Waals surface area (Å²) in [6.45, 7) is 5.73. The molecule has 0 spiro atoms. The summed E-state index contributed by atoms with van der Waals surface area (Å²) in [6.07, 6.45) is 4.52. The van der Waals surface area contributed by atoms with Gasteiger partial charge in [-0.2, -0.15) is 0 Å². The maximum Gasteiger partial charge on any atom is 0.225 e. The van der Waals surface area contributed by atoms with Crippen molar-refractivity contribution < 1.29 is 0 Å². The van der Waals surface area contributed by atoms with E-state index in [4.69, 9.17) is 0 Å². The Labute approximate surface area is 153 Å². The molecule has 0 amide bonds. The van der Waals surface area contributed by atoms with Gasteiger partial charge < -0.3 is 9.80 Å². The molecule has 1 aliphatic heterocycles. The third-order valence-corrected chi connectivity index (χ3v) is 4.72. The van der Waals surface area contributed by atoms with E-state index >= 15 is 0 Å². The number of benzene rings is 1. The summed E-state index contributed by atoms with van der Waals surface area (Å²) < 4.78 is 0. The third kappa shape index (κ3) is 3.35. The van der Waals surface area contributed by atoms with E-state index in [2.05, 4.69) is 55.1 Å². The molecule has 0 radical (unpaired) electrons. The van der Waals surface area contributed by atoms with Crippen molar-refractivity contribution in [3.63, 3.8) is 0 Å². The number of nitrogens with zero attached hydrogens (tertiary/aromatic N) is 6. The van der Waals surface area contributed by atoms with Gasteiger partial charge in [0.05, 0.1) is 5.69 Å². The lowest BCUT2D eigenvalue weighted by molar-refractivity contribution is 0.629. The highest BCUT2D eigenvalue weighted by Gasteiger charge is 2.22. The Morgan fingerprint density at radius 3 is 2.23 bits per heavy atom. The van der Waals surface area contributed by atoms with E-state index in [1.54, 1.807) is 12.4 Å². The lowest BCUT2D eigenvalue weighted by atomic mass is 10.1. The summed E-state index contributed by atoms with van der Waals surface area (Å²) in [5, 5.41) is 9.05. The highest BCUT2D eigenvalue weighted by Crippen LogP contribution is 2.25. The first-order valence-electron chi connectivity index (χ1n) is 9.04. The fraction of sp³-hybridized carbons (Fsp3) is 0.300. The van der Waals surface area contributed by atoms with E-state index in [0.717, 1.165) is 55.6 Å². The van der Waals surface area contributed by atoms with Gasteiger partial charge in [0, 0.05) is 44.1 Å². The molecule has 0 atom stereocenters. The Kier molecular flexibility index (Phi) is 4.73. The number of aryl methyl sites for hydroxylation is 1. The summed E-state index contributed by atoms with van der Waals surface area (Å²) in [5.74, 6) is 1.80. The molecule has 1 fully saturated rings. The van der Waals surface area contributed by atoms with Crippen molar-refractivity contribution in [1.29, 1.82) is 0 Å². The van der Waals surface area contributed by atoms with Gasteiger partial charge >= 0.3 is 0 Å². The molecule has 2 aromatic heterocycles. The van der Waals surface area contributed by atoms with Crippen LogP contribution in [-0.4, -0.2) is 46.3 Å². The minimum absolute atomic E-state index is 0.799. The minimum atomic E-state index is 0.799. The van der Waals surface area contributed by atoms with Crippen molar-refractivity contribution in [2.45, 2.75) is 13.3 Å². The van der Waals surface area contributed by atoms with Crippen LogP contribution in [0.5, 0.6) is 0 Å². The zero-order valence-electron chi connectivity index (χ0n) is 14.9. The van der Waals surface area contributed by atoms with Gasteiger partial charge in [0.25, 0.3) is 0 Å². The molecule has 6 nitrogen and oxygen atoms in total. The van der Waals surface area contributed by atoms with Crippen LogP contribution in [0, 0.1) is 0 Å². The van der Waals surface area contributed by atoms with E-state index in [-0.39, 0.29) is 0 Å². The van der Waals surface area contributed by atoms with Crippen LogP contribution < -0.4 is 9.80 Å². The summed E-state index contributed by atoms with van der Waals surface area (Å²) in [5.41, 5.74) is 3.28. The van der Waals surface area contributed by atoms with Crippen molar-refractivity contribution in [3.05, 3.63) is 60.4 Å². The molecule has 0 unspecified atom stereocenters. The fourth-order valence-electron chi connectivity index (χ4n) is 3.27. The van der Waals surface area contributed by atoms with Gasteiger partial charge in [-0.05, 0) is 24.1 Å². The second kappa shape index (κ2) is 7.47. The Hall–Kier alpha value is -3.02. The first-order valence-corrected chi connectivity index (χ1v) is 9.04. The van der Waals surface area contributed by atoms with E-state index in [9.17, 15) is 0 Å². The van der Waals surface area contributed by atoms with Gasteiger partial charge in [-0.1, -0.05) is 37.3 Å². The molecule has 0 N–H and O–H groups in total. The topological polar surface area (TPSA) is 58.0 Å². The second-order valence-corrected chi connectivity index (χ2v) is 6.32. The van der Waals surface area contributed by atoms with Crippen molar-refractivity contribution >= 4 is 11.8 Å². The SMILES string of the molecule is CCc1cc(-c2ccccc2)nnc1N1CCN(c2ncccn2)CC1. The smallest absolute Gasteiger partial charge is 0.225 e. The van der Waals surface area contributed by atoms with E-state index in [0.29, 0.717) is 0 Å². The second-order valence-electron chi connectivity index (χ2n) is 6.32. The van der Waals surface area contributed by atoms with E-state index < -0.39 is 0 Å².